The Hall–Kier alpha value is -1.39. The van der Waals surface area contributed by atoms with Gasteiger partial charge in [0.1, 0.15) is 6.04 Å². The highest BCUT2D eigenvalue weighted by atomic mass is 16.2. The summed E-state index contributed by atoms with van der Waals surface area (Å²) >= 11 is 0. The van der Waals surface area contributed by atoms with Crippen LogP contribution in [-0.2, 0) is 4.79 Å². The number of nitrogens with one attached hydrogen (secondary N) is 1. The Morgan fingerprint density at radius 2 is 2.00 bits per heavy atom. The van der Waals surface area contributed by atoms with E-state index in [2.05, 4.69) is 24.2 Å². The minimum Gasteiger partial charge on any atom is -0.324 e. The van der Waals surface area contributed by atoms with Crippen molar-refractivity contribution in [3.63, 3.8) is 0 Å². The van der Waals surface area contributed by atoms with Crippen LogP contribution < -0.4 is 5.32 Å². The Labute approximate surface area is 127 Å². The Kier molecular flexibility index (Phi) is 4.27. The predicted octanol–water partition coefficient (Wildman–Crippen LogP) is 1.99. The zero-order valence-corrected chi connectivity index (χ0v) is 13.0. The number of carbonyl (C=O) groups is 1. The van der Waals surface area contributed by atoms with Gasteiger partial charge in [-0.3, -0.25) is 10.1 Å². The quantitative estimate of drug-likeness (QED) is 0.923. The van der Waals surface area contributed by atoms with Gasteiger partial charge in [0, 0.05) is 12.6 Å². The largest absolute Gasteiger partial charge is 0.324 e. The van der Waals surface area contributed by atoms with Crippen molar-refractivity contribution >= 4 is 5.91 Å². The number of carbonyl (C=O) groups excluding carboxylic acids is 1. The highest BCUT2D eigenvalue weighted by Crippen LogP contribution is 2.26. The number of piperidine rings is 1. The van der Waals surface area contributed by atoms with Gasteiger partial charge in [0.25, 0.3) is 0 Å². The van der Waals surface area contributed by atoms with E-state index in [4.69, 9.17) is 0 Å². The molecule has 0 aromatic heterocycles. The number of benzene rings is 1. The number of rotatable bonds is 3. The molecule has 2 aliphatic rings. The third-order valence-electron chi connectivity index (χ3n) is 4.87. The molecule has 0 aliphatic carbocycles. The van der Waals surface area contributed by atoms with Gasteiger partial charge in [0.15, 0.2) is 0 Å². The molecular formula is C17H25N3O. The lowest BCUT2D eigenvalue weighted by Crippen LogP contribution is -2.47. The lowest BCUT2D eigenvalue weighted by atomic mass is 10.0. The molecule has 0 spiro atoms. The SMILES string of the molecule is CC1NC(c2ccccc2)C(=O)N1CC1CCCCN1C. The molecule has 1 aromatic rings. The summed E-state index contributed by atoms with van der Waals surface area (Å²) in [5, 5.41) is 3.43. The van der Waals surface area contributed by atoms with Crippen molar-refractivity contribution in [3.05, 3.63) is 35.9 Å². The van der Waals surface area contributed by atoms with Gasteiger partial charge in [-0.15, -0.1) is 0 Å². The van der Waals surface area contributed by atoms with Gasteiger partial charge in [-0.2, -0.15) is 0 Å². The summed E-state index contributed by atoms with van der Waals surface area (Å²) in [7, 11) is 2.18. The normalized spacial score (nSPS) is 30.9. The molecule has 2 heterocycles. The molecule has 4 heteroatoms. The van der Waals surface area contributed by atoms with Crippen LogP contribution in [0.2, 0.25) is 0 Å². The molecule has 2 aliphatic heterocycles. The standard InChI is InChI=1S/C17H25N3O/c1-13-18-16(14-8-4-3-5-9-14)17(21)20(13)12-15-10-6-7-11-19(15)2/h3-5,8-9,13,15-16,18H,6-7,10-12H2,1-2H3. The van der Waals surface area contributed by atoms with Crippen molar-refractivity contribution in [1.82, 2.24) is 15.1 Å². The first kappa shape index (κ1) is 14.5. The summed E-state index contributed by atoms with van der Waals surface area (Å²) in [4.78, 5) is 17.2. The second-order valence-corrected chi connectivity index (χ2v) is 6.31. The fourth-order valence-electron chi connectivity index (χ4n) is 3.49. The first-order chi connectivity index (χ1) is 10.2. The third kappa shape index (κ3) is 2.97. The van der Waals surface area contributed by atoms with Gasteiger partial charge in [-0.1, -0.05) is 36.8 Å². The molecule has 1 N–H and O–H groups in total. The summed E-state index contributed by atoms with van der Waals surface area (Å²) in [6, 6.07) is 10.3. The highest BCUT2D eigenvalue weighted by Gasteiger charge is 2.38. The molecule has 0 radical (unpaired) electrons. The van der Waals surface area contributed by atoms with Crippen molar-refractivity contribution in [2.24, 2.45) is 0 Å². The molecular weight excluding hydrogens is 262 g/mol. The lowest BCUT2D eigenvalue weighted by molar-refractivity contribution is -0.130. The van der Waals surface area contributed by atoms with Gasteiger partial charge in [-0.05, 0) is 38.9 Å². The van der Waals surface area contributed by atoms with E-state index in [-0.39, 0.29) is 18.1 Å². The summed E-state index contributed by atoms with van der Waals surface area (Å²) in [6.45, 7) is 4.08. The van der Waals surface area contributed by atoms with E-state index in [9.17, 15) is 4.79 Å². The number of nitrogens with zero attached hydrogens (tertiary/aromatic N) is 2. The van der Waals surface area contributed by atoms with Crippen LogP contribution in [0.15, 0.2) is 30.3 Å². The highest BCUT2D eigenvalue weighted by molar-refractivity contribution is 5.85. The molecule has 1 aromatic carbocycles. The van der Waals surface area contributed by atoms with Gasteiger partial charge in [0.2, 0.25) is 5.91 Å². The summed E-state index contributed by atoms with van der Waals surface area (Å²) in [6.07, 6.45) is 3.86. The summed E-state index contributed by atoms with van der Waals surface area (Å²) in [5.41, 5.74) is 1.06. The fraction of sp³-hybridized carbons (Fsp3) is 0.588. The zero-order chi connectivity index (χ0) is 14.8. The van der Waals surface area contributed by atoms with E-state index in [0.717, 1.165) is 18.7 Å². The number of likely N-dealkylation sites (tertiary alicyclic amines) is 1. The van der Waals surface area contributed by atoms with Crippen LogP contribution in [-0.4, -0.2) is 48.1 Å². The van der Waals surface area contributed by atoms with Crippen LogP contribution in [0.3, 0.4) is 0 Å². The van der Waals surface area contributed by atoms with Crippen molar-refractivity contribution in [2.75, 3.05) is 20.1 Å². The first-order valence-corrected chi connectivity index (χ1v) is 7.98. The maximum Gasteiger partial charge on any atom is 0.245 e. The number of hydrogen-bond acceptors (Lipinski definition) is 3. The van der Waals surface area contributed by atoms with Crippen LogP contribution in [0.25, 0.3) is 0 Å². The second-order valence-electron chi connectivity index (χ2n) is 6.31. The molecule has 0 saturated carbocycles. The molecule has 3 unspecified atom stereocenters. The fourth-order valence-corrected chi connectivity index (χ4v) is 3.49. The zero-order valence-electron chi connectivity index (χ0n) is 13.0. The molecule has 4 nitrogen and oxygen atoms in total. The molecule has 2 fully saturated rings. The third-order valence-corrected chi connectivity index (χ3v) is 4.87. The Bertz CT molecular complexity index is 490. The van der Waals surface area contributed by atoms with Crippen molar-refractivity contribution < 1.29 is 4.79 Å². The van der Waals surface area contributed by atoms with E-state index >= 15 is 0 Å². The van der Waals surface area contributed by atoms with Gasteiger partial charge in [-0.25, -0.2) is 0 Å². The first-order valence-electron chi connectivity index (χ1n) is 7.98. The molecule has 3 rings (SSSR count). The monoisotopic (exact) mass is 287 g/mol. The van der Waals surface area contributed by atoms with E-state index < -0.39 is 0 Å². The van der Waals surface area contributed by atoms with Crippen LogP contribution in [0.1, 0.15) is 37.8 Å². The van der Waals surface area contributed by atoms with Gasteiger partial charge < -0.3 is 9.80 Å². The number of amides is 1. The number of hydrogen-bond donors (Lipinski definition) is 1. The van der Waals surface area contributed by atoms with E-state index in [0.29, 0.717) is 6.04 Å². The molecule has 0 bridgehead atoms. The Morgan fingerprint density at radius 1 is 1.24 bits per heavy atom. The predicted molar refractivity (Wildman–Crippen MR) is 83.8 cm³/mol. The second kappa shape index (κ2) is 6.16. The van der Waals surface area contributed by atoms with E-state index in [1.807, 2.05) is 35.2 Å². The van der Waals surface area contributed by atoms with Crippen molar-refractivity contribution in [3.8, 4) is 0 Å². The van der Waals surface area contributed by atoms with Gasteiger partial charge >= 0.3 is 0 Å². The van der Waals surface area contributed by atoms with E-state index in [1.54, 1.807) is 0 Å². The average molecular weight is 287 g/mol. The van der Waals surface area contributed by atoms with Crippen LogP contribution in [0, 0.1) is 0 Å². The molecule has 1 amide bonds. The molecule has 2 saturated heterocycles. The number of likely N-dealkylation sites (N-methyl/N-ethyl adjacent to an activating group) is 1. The average Bonchev–Trinajstić information content (AvgIpc) is 2.78. The van der Waals surface area contributed by atoms with Crippen LogP contribution in [0.5, 0.6) is 0 Å². The van der Waals surface area contributed by atoms with Crippen LogP contribution >= 0.6 is 0 Å². The summed E-state index contributed by atoms with van der Waals surface area (Å²) < 4.78 is 0. The maximum atomic E-state index is 12.7. The smallest absolute Gasteiger partial charge is 0.245 e. The topological polar surface area (TPSA) is 35.6 Å². The van der Waals surface area contributed by atoms with E-state index in [1.165, 1.54) is 19.3 Å². The van der Waals surface area contributed by atoms with Crippen molar-refractivity contribution in [1.29, 1.82) is 0 Å². The minimum absolute atomic E-state index is 0.109. The molecule has 3 atom stereocenters. The van der Waals surface area contributed by atoms with Gasteiger partial charge in [0.05, 0.1) is 6.17 Å². The molecule has 21 heavy (non-hydrogen) atoms. The lowest BCUT2D eigenvalue weighted by Gasteiger charge is -2.36. The minimum atomic E-state index is -0.185. The Balaban J connectivity index is 1.70. The maximum absolute atomic E-state index is 12.7. The summed E-state index contributed by atoms with van der Waals surface area (Å²) in [5.74, 6) is 0.215. The van der Waals surface area contributed by atoms with Crippen molar-refractivity contribution in [2.45, 2.75) is 44.4 Å². The molecule has 114 valence electrons. The Morgan fingerprint density at radius 3 is 2.71 bits per heavy atom. The van der Waals surface area contributed by atoms with Crippen LogP contribution in [0.4, 0.5) is 0 Å².